The van der Waals surface area contributed by atoms with Gasteiger partial charge < -0.3 is 5.73 Å². The largest absolute Gasteiger partial charge is 0.389 e. The highest BCUT2D eigenvalue weighted by Crippen LogP contribution is 2.39. The number of nitrogens with zero attached hydrogens (tertiary/aromatic N) is 2. The van der Waals surface area contributed by atoms with Crippen LogP contribution in [0, 0.1) is 6.92 Å². The first-order valence-electron chi connectivity index (χ1n) is 6.12. The fourth-order valence-corrected chi connectivity index (χ4v) is 2.39. The number of benzene rings is 1. The monoisotopic (exact) mass is 257 g/mol. The smallest absolute Gasteiger partial charge is 0.106 e. The van der Waals surface area contributed by atoms with Gasteiger partial charge in [0.05, 0.1) is 11.4 Å². The molecule has 1 aromatic carbocycles. The summed E-state index contributed by atoms with van der Waals surface area (Å²) in [6, 6.07) is 8.06. The van der Waals surface area contributed by atoms with Crippen molar-refractivity contribution in [3.05, 3.63) is 47.3 Å². The van der Waals surface area contributed by atoms with E-state index in [1.165, 1.54) is 18.5 Å². The first-order valence-corrected chi connectivity index (χ1v) is 6.53. The van der Waals surface area contributed by atoms with Crippen LogP contribution in [-0.4, -0.2) is 14.8 Å². The van der Waals surface area contributed by atoms with Crippen LogP contribution in [-0.2, 0) is 0 Å². The van der Waals surface area contributed by atoms with E-state index in [-0.39, 0.29) is 0 Å². The predicted octanol–water partition coefficient (Wildman–Crippen LogP) is 2.69. The Bertz CT molecular complexity index is 611. The van der Waals surface area contributed by atoms with Crippen LogP contribution in [0.4, 0.5) is 0 Å². The third kappa shape index (κ3) is 1.93. The molecule has 0 bridgehead atoms. The molecule has 1 saturated carbocycles. The standard InChI is InChI=1S/C14H15N3S/c1-9-3-2-4-11(14(15)18)13(9)17-8-7-12(16-17)10-5-6-10/h2-4,7-8,10H,5-6H2,1H3,(H2,15,18). The lowest BCUT2D eigenvalue weighted by atomic mass is 10.1. The Morgan fingerprint density at radius 2 is 2.17 bits per heavy atom. The second-order valence-electron chi connectivity index (χ2n) is 4.79. The minimum atomic E-state index is 0.414. The number of aryl methyl sites for hydroxylation is 1. The van der Waals surface area contributed by atoms with Crippen LogP contribution >= 0.6 is 12.2 Å². The summed E-state index contributed by atoms with van der Waals surface area (Å²) in [6.45, 7) is 2.05. The van der Waals surface area contributed by atoms with E-state index in [9.17, 15) is 0 Å². The number of rotatable bonds is 3. The SMILES string of the molecule is Cc1cccc(C(N)=S)c1-n1ccc(C2CC2)n1. The molecule has 18 heavy (non-hydrogen) atoms. The highest BCUT2D eigenvalue weighted by molar-refractivity contribution is 7.80. The summed E-state index contributed by atoms with van der Waals surface area (Å²) in [5.74, 6) is 0.656. The molecule has 1 fully saturated rings. The van der Waals surface area contributed by atoms with Crippen LogP contribution in [0.2, 0.25) is 0 Å². The van der Waals surface area contributed by atoms with Gasteiger partial charge in [0.2, 0.25) is 0 Å². The van der Waals surface area contributed by atoms with Gasteiger partial charge in [0.1, 0.15) is 4.99 Å². The first-order chi connectivity index (χ1) is 8.66. The summed E-state index contributed by atoms with van der Waals surface area (Å²) in [7, 11) is 0. The highest BCUT2D eigenvalue weighted by Gasteiger charge is 2.26. The molecule has 3 rings (SSSR count). The first kappa shape index (κ1) is 11.4. The van der Waals surface area contributed by atoms with Gasteiger partial charge in [0.15, 0.2) is 0 Å². The van der Waals surface area contributed by atoms with Crippen molar-refractivity contribution in [3.8, 4) is 5.69 Å². The van der Waals surface area contributed by atoms with E-state index in [1.807, 2.05) is 23.0 Å². The second-order valence-corrected chi connectivity index (χ2v) is 5.23. The summed E-state index contributed by atoms with van der Waals surface area (Å²) in [5, 5.41) is 4.65. The molecule has 1 aliphatic carbocycles. The zero-order valence-electron chi connectivity index (χ0n) is 10.3. The van der Waals surface area contributed by atoms with Gasteiger partial charge in [-0.25, -0.2) is 4.68 Å². The van der Waals surface area contributed by atoms with E-state index in [0.29, 0.717) is 10.9 Å². The van der Waals surface area contributed by atoms with E-state index in [2.05, 4.69) is 24.2 Å². The fraction of sp³-hybridized carbons (Fsp3) is 0.286. The van der Waals surface area contributed by atoms with Crippen molar-refractivity contribution < 1.29 is 0 Å². The third-order valence-corrected chi connectivity index (χ3v) is 3.56. The van der Waals surface area contributed by atoms with Gasteiger partial charge in [-0.15, -0.1) is 0 Å². The molecule has 0 aliphatic heterocycles. The van der Waals surface area contributed by atoms with Crippen LogP contribution in [0.5, 0.6) is 0 Å². The highest BCUT2D eigenvalue weighted by atomic mass is 32.1. The molecule has 2 aromatic rings. The Hall–Kier alpha value is -1.68. The summed E-state index contributed by atoms with van der Waals surface area (Å²) in [5.41, 5.74) is 9.98. The summed E-state index contributed by atoms with van der Waals surface area (Å²) < 4.78 is 1.90. The molecule has 4 heteroatoms. The van der Waals surface area contributed by atoms with Crippen LogP contribution in [0.1, 0.15) is 35.6 Å². The summed E-state index contributed by atoms with van der Waals surface area (Å²) in [6.07, 6.45) is 4.51. The molecule has 0 amide bonds. The molecule has 0 radical (unpaired) electrons. The molecule has 92 valence electrons. The van der Waals surface area contributed by atoms with Gasteiger partial charge in [-0.3, -0.25) is 0 Å². The normalized spacial score (nSPS) is 14.7. The number of nitrogens with two attached hydrogens (primary N) is 1. The lowest BCUT2D eigenvalue weighted by Crippen LogP contribution is -2.14. The molecule has 0 atom stereocenters. The van der Waals surface area contributed by atoms with Crippen molar-refractivity contribution in [3.63, 3.8) is 0 Å². The van der Waals surface area contributed by atoms with E-state index in [1.54, 1.807) is 0 Å². The fourth-order valence-electron chi connectivity index (χ4n) is 2.22. The lowest BCUT2D eigenvalue weighted by Gasteiger charge is -2.11. The van der Waals surface area contributed by atoms with E-state index >= 15 is 0 Å². The molecule has 1 aromatic heterocycles. The van der Waals surface area contributed by atoms with Crippen molar-refractivity contribution >= 4 is 17.2 Å². The van der Waals surface area contributed by atoms with E-state index in [4.69, 9.17) is 18.0 Å². The maximum Gasteiger partial charge on any atom is 0.106 e. The van der Waals surface area contributed by atoms with E-state index < -0.39 is 0 Å². The Morgan fingerprint density at radius 3 is 2.83 bits per heavy atom. The second kappa shape index (κ2) is 4.21. The topological polar surface area (TPSA) is 43.8 Å². The average molecular weight is 257 g/mol. The summed E-state index contributed by atoms with van der Waals surface area (Å²) in [4.78, 5) is 0.414. The number of hydrogen-bond donors (Lipinski definition) is 1. The quantitative estimate of drug-likeness (QED) is 0.860. The Kier molecular flexibility index (Phi) is 2.67. The molecular weight excluding hydrogens is 242 g/mol. The van der Waals surface area contributed by atoms with E-state index in [0.717, 1.165) is 16.8 Å². The molecule has 1 aliphatic rings. The van der Waals surface area contributed by atoms with Gasteiger partial charge in [-0.2, -0.15) is 5.10 Å². The van der Waals surface area contributed by atoms with Gasteiger partial charge in [0, 0.05) is 17.7 Å². The van der Waals surface area contributed by atoms with Gasteiger partial charge in [0.25, 0.3) is 0 Å². The maximum absolute atomic E-state index is 5.79. The van der Waals surface area contributed by atoms with Crippen molar-refractivity contribution in [1.82, 2.24) is 9.78 Å². The van der Waals surface area contributed by atoms with Crippen molar-refractivity contribution in [2.45, 2.75) is 25.7 Å². The van der Waals surface area contributed by atoms with Crippen LogP contribution in [0.25, 0.3) is 5.69 Å². The Labute approximate surface area is 112 Å². The van der Waals surface area contributed by atoms with Crippen LogP contribution < -0.4 is 5.73 Å². The van der Waals surface area contributed by atoms with Crippen molar-refractivity contribution in [2.24, 2.45) is 5.73 Å². The number of para-hydroxylation sites is 1. The summed E-state index contributed by atoms with van der Waals surface area (Å²) >= 11 is 5.12. The molecular formula is C14H15N3S. The minimum absolute atomic E-state index is 0.414. The van der Waals surface area contributed by atoms with Crippen molar-refractivity contribution in [2.75, 3.05) is 0 Å². The van der Waals surface area contributed by atoms with Crippen LogP contribution in [0.3, 0.4) is 0 Å². The molecule has 0 spiro atoms. The average Bonchev–Trinajstić information content (AvgIpc) is 3.08. The minimum Gasteiger partial charge on any atom is -0.389 e. The zero-order chi connectivity index (χ0) is 12.7. The van der Waals surface area contributed by atoms with Gasteiger partial charge in [-0.05, 0) is 37.5 Å². The lowest BCUT2D eigenvalue weighted by molar-refractivity contribution is 0.830. The predicted molar refractivity (Wildman–Crippen MR) is 76.2 cm³/mol. The van der Waals surface area contributed by atoms with Gasteiger partial charge >= 0.3 is 0 Å². The number of thiocarbonyl (C=S) groups is 1. The molecule has 2 N–H and O–H groups in total. The molecule has 3 nitrogen and oxygen atoms in total. The molecule has 0 saturated heterocycles. The van der Waals surface area contributed by atoms with Gasteiger partial charge in [-0.1, -0.05) is 24.4 Å². The van der Waals surface area contributed by atoms with Crippen LogP contribution in [0.15, 0.2) is 30.5 Å². The maximum atomic E-state index is 5.79. The molecule has 0 unspecified atom stereocenters. The Morgan fingerprint density at radius 1 is 1.39 bits per heavy atom. The molecule has 1 heterocycles. The third-order valence-electron chi connectivity index (χ3n) is 3.34. The Balaban J connectivity index is 2.11. The number of aromatic nitrogens is 2. The zero-order valence-corrected chi connectivity index (χ0v) is 11.1. The number of hydrogen-bond acceptors (Lipinski definition) is 2. The van der Waals surface area contributed by atoms with Crippen molar-refractivity contribution in [1.29, 1.82) is 0 Å².